The van der Waals surface area contributed by atoms with E-state index >= 15 is 0 Å². The molecule has 1 amide bonds. The van der Waals surface area contributed by atoms with E-state index in [0.29, 0.717) is 12.0 Å². The molecule has 22 heavy (non-hydrogen) atoms. The molecule has 0 aromatic heterocycles. The molecule has 0 aliphatic heterocycles. The predicted octanol–water partition coefficient (Wildman–Crippen LogP) is 4.59. The number of aryl methyl sites for hydroxylation is 1. The number of carbonyl (C=O) groups excluding carboxylic acids is 1. The monoisotopic (exact) mass is 303 g/mol. The molecule has 1 aliphatic rings. The lowest BCUT2D eigenvalue weighted by molar-refractivity contribution is 0.0526. The van der Waals surface area contributed by atoms with Gasteiger partial charge in [0.15, 0.2) is 0 Å². The summed E-state index contributed by atoms with van der Waals surface area (Å²) in [7, 11) is 0. The molecular weight excluding hydrogens is 274 g/mol. The summed E-state index contributed by atoms with van der Waals surface area (Å²) in [6, 6.07) is 8.82. The second kappa shape index (κ2) is 6.72. The standard InChI is InChI=1S/C19H29NO2/c1-5-19(13-11-15-9-6-7-10-16(15)19)12-8-14-20-17(21)22-18(2,3)4/h6-7,9-10H,5,8,11-14H2,1-4H3,(H,20,21). The number of rotatable bonds is 5. The number of carbonyl (C=O) groups is 1. The molecule has 0 saturated heterocycles. The Morgan fingerprint density at radius 2 is 2.05 bits per heavy atom. The van der Waals surface area contributed by atoms with Gasteiger partial charge in [0.05, 0.1) is 0 Å². The van der Waals surface area contributed by atoms with E-state index in [9.17, 15) is 4.79 Å². The summed E-state index contributed by atoms with van der Waals surface area (Å²) >= 11 is 0. The van der Waals surface area contributed by atoms with Gasteiger partial charge in [0.1, 0.15) is 5.60 Å². The summed E-state index contributed by atoms with van der Waals surface area (Å²) < 4.78 is 5.27. The first-order valence-corrected chi connectivity index (χ1v) is 8.41. The lowest BCUT2D eigenvalue weighted by Crippen LogP contribution is -2.33. The zero-order chi connectivity index (χ0) is 16.2. The smallest absolute Gasteiger partial charge is 0.407 e. The molecule has 3 heteroatoms. The Balaban J connectivity index is 1.85. The van der Waals surface area contributed by atoms with Crippen LogP contribution in [0.25, 0.3) is 0 Å². The van der Waals surface area contributed by atoms with Crippen LogP contribution in [-0.2, 0) is 16.6 Å². The minimum absolute atomic E-state index is 0.298. The minimum Gasteiger partial charge on any atom is -0.444 e. The Bertz CT molecular complexity index is 518. The minimum atomic E-state index is -0.431. The summed E-state index contributed by atoms with van der Waals surface area (Å²) in [5.41, 5.74) is 2.89. The van der Waals surface area contributed by atoms with Crippen molar-refractivity contribution in [3.05, 3.63) is 35.4 Å². The number of nitrogens with one attached hydrogen (secondary N) is 1. The third kappa shape index (κ3) is 4.02. The molecule has 1 N–H and O–H groups in total. The van der Waals surface area contributed by atoms with Crippen molar-refractivity contribution in [3.8, 4) is 0 Å². The average molecular weight is 303 g/mol. The Morgan fingerprint density at radius 1 is 1.32 bits per heavy atom. The molecule has 0 radical (unpaired) electrons. The van der Waals surface area contributed by atoms with Gasteiger partial charge in [0, 0.05) is 6.54 Å². The van der Waals surface area contributed by atoms with Gasteiger partial charge in [-0.25, -0.2) is 4.79 Å². The third-order valence-corrected chi connectivity index (χ3v) is 4.64. The van der Waals surface area contributed by atoms with Crippen molar-refractivity contribution < 1.29 is 9.53 Å². The molecule has 1 aliphatic carbocycles. The van der Waals surface area contributed by atoms with Crippen molar-refractivity contribution in [2.24, 2.45) is 0 Å². The molecule has 122 valence electrons. The third-order valence-electron chi connectivity index (χ3n) is 4.64. The van der Waals surface area contributed by atoms with Crippen molar-refractivity contribution in [2.75, 3.05) is 6.54 Å². The van der Waals surface area contributed by atoms with Gasteiger partial charge in [0.25, 0.3) is 0 Å². The lowest BCUT2D eigenvalue weighted by Gasteiger charge is -2.29. The van der Waals surface area contributed by atoms with Gasteiger partial charge in [0.2, 0.25) is 0 Å². The van der Waals surface area contributed by atoms with Crippen molar-refractivity contribution in [2.45, 2.75) is 70.8 Å². The zero-order valence-electron chi connectivity index (χ0n) is 14.4. The molecule has 3 nitrogen and oxygen atoms in total. The van der Waals surface area contributed by atoms with Crippen molar-refractivity contribution in [3.63, 3.8) is 0 Å². The van der Waals surface area contributed by atoms with Gasteiger partial charge in [-0.15, -0.1) is 0 Å². The molecule has 1 atom stereocenters. The van der Waals surface area contributed by atoms with E-state index in [1.54, 1.807) is 0 Å². The molecule has 0 fully saturated rings. The Hall–Kier alpha value is -1.51. The number of ether oxygens (including phenoxy) is 1. The van der Waals surface area contributed by atoms with E-state index in [2.05, 4.69) is 36.5 Å². The number of amides is 1. The Kier molecular flexibility index (Phi) is 5.15. The molecule has 0 saturated carbocycles. The maximum absolute atomic E-state index is 11.7. The van der Waals surface area contributed by atoms with Crippen LogP contribution in [0.5, 0.6) is 0 Å². The Labute approximate surface area is 134 Å². The van der Waals surface area contributed by atoms with Crippen LogP contribution < -0.4 is 5.32 Å². The second-order valence-corrected chi connectivity index (χ2v) is 7.32. The molecular formula is C19H29NO2. The fourth-order valence-electron chi connectivity index (χ4n) is 3.50. The number of hydrogen-bond acceptors (Lipinski definition) is 2. The lowest BCUT2D eigenvalue weighted by atomic mass is 9.75. The first-order valence-electron chi connectivity index (χ1n) is 8.41. The van der Waals surface area contributed by atoms with Gasteiger partial charge >= 0.3 is 6.09 Å². The first kappa shape index (κ1) is 16.9. The van der Waals surface area contributed by atoms with Crippen LogP contribution in [0.3, 0.4) is 0 Å². The molecule has 2 rings (SSSR count). The predicted molar refractivity (Wildman–Crippen MR) is 90.2 cm³/mol. The second-order valence-electron chi connectivity index (χ2n) is 7.32. The SMILES string of the molecule is CCC1(CCCNC(=O)OC(C)(C)C)CCc2ccccc21. The van der Waals surface area contributed by atoms with Crippen molar-refractivity contribution in [1.29, 1.82) is 0 Å². The maximum atomic E-state index is 11.7. The van der Waals surface area contributed by atoms with Crippen molar-refractivity contribution >= 4 is 6.09 Å². The van der Waals surface area contributed by atoms with E-state index in [-0.39, 0.29) is 6.09 Å². The number of hydrogen-bond donors (Lipinski definition) is 1. The van der Waals surface area contributed by atoms with Gasteiger partial charge < -0.3 is 10.1 Å². The van der Waals surface area contributed by atoms with Gasteiger partial charge in [-0.05, 0) is 69.4 Å². The summed E-state index contributed by atoms with van der Waals surface area (Å²) in [5.74, 6) is 0. The van der Waals surface area contributed by atoms with Crippen LogP contribution in [0, 0.1) is 0 Å². The first-order chi connectivity index (χ1) is 10.4. The topological polar surface area (TPSA) is 38.3 Å². The van der Waals surface area contributed by atoms with E-state index in [0.717, 1.165) is 19.3 Å². The van der Waals surface area contributed by atoms with Crippen LogP contribution in [0.4, 0.5) is 4.79 Å². The highest BCUT2D eigenvalue weighted by atomic mass is 16.6. The van der Waals surface area contributed by atoms with Gasteiger partial charge in [-0.3, -0.25) is 0 Å². The summed E-state index contributed by atoms with van der Waals surface area (Å²) in [6.07, 6.45) is 5.37. The van der Waals surface area contributed by atoms with Crippen LogP contribution in [0.2, 0.25) is 0 Å². The quantitative estimate of drug-likeness (QED) is 0.808. The van der Waals surface area contributed by atoms with Gasteiger partial charge in [-0.1, -0.05) is 31.2 Å². The molecule has 0 bridgehead atoms. The van der Waals surface area contributed by atoms with E-state index in [1.165, 1.54) is 24.0 Å². The average Bonchev–Trinajstić information content (AvgIpc) is 2.82. The van der Waals surface area contributed by atoms with E-state index < -0.39 is 5.60 Å². The molecule has 0 heterocycles. The molecule has 1 aromatic rings. The largest absolute Gasteiger partial charge is 0.444 e. The highest BCUT2D eigenvalue weighted by Gasteiger charge is 2.36. The normalized spacial score (nSPS) is 20.5. The fraction of sp³-hybridized carbons (Fsp3) is 0.632. The summed E-state index contributed by atoms with van der Waals surface area (Å²) in [6.45, 7) is 8.61. The van der Waals surface area contributed by atoms with Gasteiger partial charge in [-0.2, -0.15) is 0 Å². The summed E-state index contributed by atoms with van der Waals surface area (Å²) in [4.78, 5) is 11.7. The highest BCUT2D eigenvalue weighted by Crippen LogP contribution is 2.44. The molecule has 1 aromatic carbocycles. The zero-order valence-corrected chi connectivity index (χ0v) is 14.4. The van der Waals surface area contributed by atoms with Crippen LogP contribution in [0.15, 0.2) is 24.3 Å². The summed E-state index contributed by atoms with van der Waals surface area (Å²) in [5, 5.41) is 2.87. The van der Waals surface area contributed by atoms with E-state index in [1.807, 2.05) is 20.8 Å². The maximum Gasteiger partial charge on any atom is 0.407 e. The van der Waals surface area contributed by atoms with Crippen LogP contribution in [-0.4, -0.2) is 18.2 Å². The van der Waals surface area contributed by atoms with Crippen LogP contribution in [0.1, 0.15) is 64.5 Å². The number of benzene rings is 1. The molecule has 1 unspecified atom stereocenters. The fourth-order valence-corrected chi connectivity index (χ4v) is 3.50. The Morgan fingerprint density at radius 3 is 2.73 bits per heavy atom. The van der Waals surface area contributed by atoms with E-state index in [4.69, 9.17) is 4.74 Å². The molecule has 0 spiro atoms. The van der Waals surface area contributed by atoms with Crippen molar-refractivity contribution in [1.82, 2.24) is 5.32 Å². The number of fused-ring (bicyclic) bond motifs is 1. The highest BCUT2D eigenvalue weighted by molar-refractivity contribution is 5.67. The van der Waals surface area contributed by atoms with Crippen LogP contribution >= 0.6 is 0 Å². The number of alkyl carbamates (subject to hydrolysis) is 1.